The summed E-state index contributed by atoms with van der Waals surface area (Å²) in [5.41, 5.74) is 24.7. The van der Waals surface area contributed by atoms with Crippen molar-refractivity contribution in [3.05, 3.63) is 251 Å². The lowest BCUT2D eigenvalue weighted by molar-refractivity contribution is 0.660. The van der Waals surface area contributed by atoms with Gasteiger partial charge in [-0.3, -0.25) is 4.79 Å². The van der Waals surface area contributed by atoms with Crippen molar-refractivity contribution in [3.8, 4) is 89.0 Å². The van der Waals surface area contributed by atoms with Crippen LogP contribution < -0.4 is 5.43 Å². The lowest BCUT2D eigenvalue weighted by Crippen LogP contribution is -2.25. The zero-order chi connectivity index (χ0) is 42.1. The molecule has 1 spiro atoms. The maximum atomic E-state index is 14.7. The average molecular weight is 813 g/mol. The molecule has 0 bridgehead atoms. The van der Waals surface area contributed by atoms with Crippen LogP contribution in [0.1, 0.15) is 22.3 Å². The number of hydrogen-bond donors (Lipinski definition) is 0. The van der Waals surface area contributed by atoms with Crippen molar-refractivity contribution in [2.45, 2.75) is 5.41 Å². The lowest BCUT2D eigenvalue weighted by Gasteiger charge is -2.30. The Hall–Kier alpha value is -8.33. The van der Waals surface area contributed by atoms with E-state index in [9.17, 15) is 4.79 Å². The van der Waals surface area contributed by atoms with Crippen LogP contribution in [0.5, 0.6) is 0 Å². The van der Waals surface area contributed by atoms with E-state index in [0.29, 0.717) is 21.9 Å². The molecule has 0 saturated heterocycles. The predicted molar refractivity (Wildman–Crippen MR) is 262 cm³/mol. The summed E-state index contributed by atoms with van der Waals surface area (Å²) in [6.07, 6.45) is 0. The fourth-order valence-electron chi connectivity index (χ4n) is 11.5. The van der Waals surface area contributed by atoms with Gasteiger partial charge in [-0.25, -0.2) is 0 Å². The Bertz CT molecular complexity index is 3830. The molecular weight excluding hydrogens is 777 g/mol. The zero-order valence-electron chi connectivity index (χ0n) is 34.6. The highest BCUT2D eigenvalue weighted by atomic mass is 16.3. The van der Waals surface area contributed by atoms with Gasteiger partial charge in [0.25, 0.3) is 0 Å². The lowest BCUT2D eigenvalue weighted by atomic mass is 9.70. The van der Waals surface area contributed by atoms with Crippen molar-refractivity contribution in [2.24, 2.45) is 0 Å². The maximum Gasteiger partial charge on any atom is 0.200 e. The zero-order valence-corrected chi connectivity index (χ0v) is 34.6. The minimum Gasteiger partial charge on any atom is -0.456 e. The molecule has 0 radical (unpaired) electrons. The SMILES string of the molecule is O=c1c2cc(-c3ccc4c(c3)-c3ccccc3-c3ccccc3-c3ccccc3-4)ccc2oc2ccc(-c3ccc4c(c3)-c3ccccc3C43c4ccccc4-c4ccccc43)cc12. The number of rotatable bonds is 2. The second kappa shape index (κ2) is 13.1. The summed E-state index contributed by atoms with van der Waals surface area (Å²) in [5, 5.41) is 1.14. The summed E-state index contributed by atoms with van der Waals surface area (Å²) >= 11 is 0. The van der Waals surface area contributed by atoms with Gasteiger partial charge < -0.3 is 4.42 Å². The van der Waals surface area contributed by atoms with E-state index in [1.165, 1.54) is 83.5 Å². The first-order valence-corrected chi connectivity index (χ1v) is 22.0. The smallest absolute Gasteiger partial charge is 0.200 e. The first-order valence-electron chi connectivity index (χ1n) is 22.0. The highest BCUT2D eigenvalue weighted by Crippen LogP contribution is 2.63. The highest BCUT2D eigenvalue weighted by Gasteiger charge is 2.51. The normalized spacial score (nSPS) is 13.2. The summed E-state index contributed by atoms with van der Waals surface area (Å²) in [6.45, 7) is 0. The molecule has 0 aliphatic heterocycles. The van der Waals surface area contributed by atoms with Gasteiger partial charge in [0, 0.05) is 0 Å². The van der Waals surface area contributed by atoms with E-state index in [-0.39, 0.29) is 5.43 Å². The van der Waals surface area contributed by atoms with Gasteiger partial charge in [0.1, 0.15) is 11.2 Å². The number of fused-ring (bicyclic) bond motifs is 20. The molecule has 0 unspecified atom stereocenters. The molecule has 64 heavy (non-hydrogen) atoms. The van der Waals surface area contributed by atoms with Gasteiger partial charge in [0.2, 0.25) is 5.43 Å². The van der Waals surface area contributed by atoms with Crippen LogP contribution in [0.4, 0.5) is 0 Å². The van der Waals surface area contributed by atoms with Crippen LogP contribution in [-0.4, -0.2) is 0 Å². The molecule has 14 rings (SSSR count). The minimum absolute atomic E-state index is 0.0355. The van der Waals surface area contributed by atoms with E-state index < -0.39 is 5.41 Å². The van der Waals surface area contributed by atoms with Gasteiger partial charge in [-0.05, 0) is 148 Å². The van der Waals surface area contributed by atoms with Crippen molar-refractivity contribution in [2.75, 3.05) is 0 Å². The number of benzene rings is 10. The molecule has 11 aromatic rings. The van der Waals surface area contributed by atoms with E-state index >= 15 is 0 Å². The Morgan fingerprint density at radius 1 is 0.266 bits per heavy atom. The van der Waals surface area contributed by atoms with Crippen LogP contribution in [0, 0.1) is 0 Å². The van der Waals surface area contributed by atoms with E-state index in [0.717, 1.165) is 27.8 Å². The molecule has 0 N–H and O–H groups in total. The molecule has 0 fully saturated rings. The van der Waals surface area contributed by atoms with E-state index in [2.05, 4.69) is 194 Å². The number of hydrogen-bond acceptors (Lipinski definition) is 2. The Morgan fingerprint density at radius 3 is 1.05 bits per heavy atom. The molecule has 3 aliphatic rings. The fourth-order valence-corrected chi connectivity index (χ4v) is 11.5. The topological polar surface area (TPSA) is 30.2 Å². The summed E-state index contributed by atoms with van der Waals surface area (Å²) < 4.78 is 6.50. The van der Waals surface area contributed by atoms with Crippen LogP contribution in [0.15, 0.2) is 228 Å². The second-order valence-corrected chi connectivity index (χ2v) is 17.4. The molecule has 296 valence electrons. The predicted octanol–water partition coefficient (Wildman–Crippen LogP) is 15.6. The van der Waals surface area contributed by atoms with Gasteiger partial charge in [-0.2, -0.15) is 0 Å². The standard InChI is InChI=1S/C62H36O2/c63-61-53-35-39(37-25-29-47-45-17-4-3-15-43(45)41-13-1-2-14-42(41)44-16-5-6-18-46(44)51(47)33-37)27-31-59(53)64-60-32-28-40(36-54(60)61)38-26-30-58-52(34-38)50-21-9-12-24-57(50)62(58)55-22-10-7-19-48(55)49-20-8-11-23-56(49)62/h1-36H. The van der Waals surface area contributed by atoms with Gasteiger partial charge >= 0.3 is 0 Å². The minimum atomic E-state index is -0.394. The molecule has 2 nitrogen and oxygen atoms in total. The van der Waals surface area contributed by atoms with Crippen molar-refractivity contribution >= 4 is 21.9 Å². The third-order valence-electron chi connectivity index (χ3n) is 14.3. The van der Waals surface area contributed by atoms with Crippen LogP contribution in [0.3, 0.4) is 0 Å². The Kier molecular flexibility index (Phi) is 7.22. The average Bonchev–Trinajstić information content (AvgIpc) is 3.83. The largest absolute Gasteiger partial charge is 0.456 e. The van der Waals surface area contributed by atoms with Crippen LogP contribution in [0.25, 0.3) is 111 Å². The highest BCUT2D eigenvalue weighted by molar-refractivity contribution is 6.04. The third kappa shape index (κ3) is 4.72. The molecular formula is C62H36O2. The molecule has 1 aromatic heterocycles. The van der Waals surface area contributed by atoms with Crippen molar-refractivity contribution < 1.29 is 4.42 Å². The molecule has 0 saturated carbocycles. The van der Waals surface area contributed by atoms with E-state index in [1.807, 2.05) is 24.3 Å². The van der Waals surface area contributed by atoms with Crippen LogP contribution in [-0.2, 0) is 5.41 Å². The van der Waals surface area contributed by atoms with Gasteiger partial charge in [0.05, 0.1) is 16.2 Å². The summed E-state index contributed by atoms with van der Waals surface area (Å²) in [6, 6.07) is 78.4. The van der Waals surface area contributed by atoms with Gasteiger partial charge in [-0.1, -0.05) is 182 Å². The van der Waals surface area contributed by atoms with Gasteiger partial charge in [-0.15, -0.1) is 0 Å². The molecule has 1 heterocycles. The first kappa shape index (κ1) is 35.3. The van der Waals surface area contributed by atoms with Crippen molar-refractivity contribution in [1.82, 2.24) is 0 Å². The molecule has 2 heteroatoms. The quantitative estimate of drug-likeness (QED) is 0.163. The molecule has 3 aliphatic carbocycles. The molecule has 0 amide bonds. The van der Waals surface area contributed by atoms with Crippen LogP contribution in [0.2, 0.25) is 0 Å². The van der Waals surface area contributed by atoms with Gasteiger partial charge in [0.15, 0.2) is 0 Å². The van der Waals surface area contributed by atoms with Crippen molar-refractivity contribution in [3.63, 3.8) is 0 Å². The fraction of sp³-hybridized carbons (Fsp3) is 0.0161. The monoisotopic (exact) mass is 812 g/mol. The third-order valence-corrected chi connectivity index (χ3v) is 14.3. The Balaban J connectivity index is 0.899. The maximum absolute atomic E-state index is 14.7. The molecule has 10 aromatic carbocycles. The second-order valence-electron chi connectivity index (χ2n) is 17.4. The van der Waals surface area contributed by atoms with E-state index in [4.69, 9.17) is 4.42 Å². The van der Waals surface area contributed by atoms with Crippen molar-refractivity contribution in [1.29, 1.82) is 0 Å². The first-order chi connectivity index (χ1) is 31.6. The Labute approximate surface area is 370 Å². The summed E-state index contributed by atoms with van der Waals surface area (Å²) in [4.78, 5) is 14.7. The summed E-state index contributed by atoms with van der Waals surface area (Å²) in [5.74, 6) is 0. The van der Waals surface area contributed by atoms with E-state index in [1.54, 1.807) is 0 Å². The molecule has 0 atom stereocenters. The Morgan fingerprint density at radius 2 is 0.578 bits per heavy atom. The summed E-state index contributed by atoms with van der Waals surface area (Å²) in [7, 11) is 0. The van der Waals surface area contributed by atoms with Crippen LogP contribution >= 0.6 is 0 Å².